The van der Waals surface area contributed by atoms with E-state index in [-0.39, 0.29) is 0 Å². The van der Waals surface area contributed by atoms with Crippen molar-refractivity contribution in [1.29, 1.82) is 5.41 Å². The smallest absolute Gasteiger partial charge is 0.145 e. The molecule has 0 amide bonds. The Morgan fingerprint density at radius 3 is 3.08 bits per heavy atom. The Morgan fingerprint density at radius 1 is 1.75 bits per heavy atom. The zero-order chi connectivity index (χ0) is 8.97. The van der Waals surface area contributed by atoms with Crippen molar-refractivity contribution in [2.45, 2.75) is 13.0 Å². The molecule has 0 aromatic heterocycles. The van der Waals surface area contributed by atoms with E-state index in [9.17, 15) is 5.11 Å². The van der Waals surface area contributed by atoms with E-state index >= 15 is 0 Å². The van der Waals surface area contributed by atoms with Gasteiger partial charge in [0.05, 0.1) is 6.61 Å². The summed E-state index contributed by atoms with van der Waals surface area (Å²) >= 11 is 0. The molecule has 64 valence electrons. The van der Waals surface area contributed by atoms with Gasteiger partial charge in [-0.3, -0.25) is 5.41 Å². The Kier molecular flexibility index (Phi) is 2.86. The van der Waals surface area contributed by atoms with Crippen LogP contribution in [0.3, 0.4) is 0 Å². The van der Waals surface area contributed by atoms with Crippen LogP contribution in [0, 0.1) is 5.41 Å². The predicted octanol–water partition coefficient (Wildman–Crippen LogP) is 1.01. The third-order valence-corrected chi connectivity index (χ3v) is 1.56. The molecule has 0 saturated heterocycles. The number of aliphatic hydroxyl groups is 1. The lowest BCUT2D eigenvalue weighted by atomic mass is 10.0. The number of allylic oxidation sites excluding steroid dienone is 2. The van der Waals surface area contributed by atoms with Crippen molar-refractivity contribution in [2.75, 3.05) is 6.61 Å². The minimum absolute atomic E-state index is 0.431. The van der Waals surface area contributed by atoms with E-state index in [1.807, 2.05) is 6.92 Å². The standard InChI is InChI=1S/C9H11NO2/c1-2-12-8-5-3-4-7(6-10)9(8)11/h3-5,9-11H,2H2,1H3/t9-/m1/s1. The van der Waals surface area contributed by atoms with Crippen LogP contribution in [0.25, 0.3) is 0 Å². The average Bonchev–Trinajstić information content (AvgIpc) is 2.09. The number of aliphatic hydroxyl groups excluding tert-OH is 1. The lowest BCUT2D eigenvalue weighted by molar-refractivity contribution is 0.130. The van der Waals surface area contributed by atoms with E-state index in [1.165, 1.54) is 0 Å². The van der Waals surface area contributed by atoms with Crippen molar-refractivity contribution >= 4 is 5.87 Å². The van der Waals surface area contributed by atoms with E-state index in [0.717, 1.165) is 0 Å². The van der Waals surface area contributed by atoms with Gasteiger partial charge in [-0.15, -0.1) is 0 Å². The molecule has 0 aromatic carbocycles. The van der Waals surface area contributed by atoms with Gasteiger partial charge in [-0.05, 0) is 24.9 Å². The van der Waals surface area contributed by atoms with Crippen LogP contribution < -0.4 is 0 Å². The predicted molar refractivity (Wildman–Crippen MR) is 46.1 cm³/mol. The molecule has 1 aliphatic rings. The summed E-state index contributed by atoms with van der Waals surface area (Å²) in [5.74, 6) is 2.63. The molecule has 0 radical (unpaired) electrons. The largest absolute Gasteiger partial charge is 0.495 e. The maximum absolute atomic E-state index is 9.50. The molecule has 0 saturated carbocycles. The zero-order valence-corrected chi connectivity index (χ0v) is 6.87. The van der Waals surface area contributed by atoms with Gasteiger partial charge in [0.1, 0.15) is 11.9 Å². The Balaban J connectivity index is 2.83. The van der Waals surface area contributed by atoms with Gasteiger partial charge in [-0.2, -0.15) is 0 Å². The average molecular weight is 165 g/mol. The van der Waals surface area contributed by atoms with Gasteiger partial charge in [0, 0.05) is 5.57 Å². The Labute approximate surface area is 71.2 Å². The van der Waals surface area contributed by atoms with Crippen LogP contribution >= 0.6 is 0 Å². The second-order valence-electron chi connectivity index (χ2n) is 2.34. The summed E-state index contributed by atoms with van der Waals surface area (Å²) in [5.41, 5.74) is 0.431. The van der Waals surface area contributed by atoms with Crippen molar-refractivity contribution in [3.63, 3.8) is 0 Å². The fraction of sp³-hybridized carbons (Fsp3) is 0.333. The van der Waals surface area contributed by atoms with Crippen LogP contribution in [0.4, 0.5) is 0 Å². The van der Waals surface area contributed by atoms with E-state index < -0.39 is 6.10 Å². The lowest BCUT2D eigenvalue weighted by Crippen LogP contribution is -2.17. The Hall–Kier alpha value is -1.31. The van der Waals surface area contributed by atoms with Crippen LogP contribution in [-0.4, -0.2) is 23.7 Å². The van der Waals surface area contributed by atoms with Crippen molar-refractivity contribution in [3.05, 3.63) is 29.6 Å². The first-order valence-corrected chi connectivity index (χ1v) is 3.78. The number of rotatable bonds is 2. The zero-order valence-electron chi connectivity index (χ0n) is 6.87. The Morgan fingerprint density at radius 2 is 2.50 bits per heavy atom. The van der Waals surface area contributed by atoms with E-state index in [1.54, 1.807) is 18.2 Å². The molecule has 12 heavy (non-hydrogen) atoms. The second-order valence-corrected chi connectivity index (χ2v) is 2.34. The highest BCUT2D eigenvalue weighted by atomic mass is 16.5. The van der Waals surface area contributed by atoms with E-state index in [0.29, 0.717) is 17.9 Å². The fourth-order valence-corrected chi connectivity index (χ4v) is 0.986. The molecule has 0 aliphatic heterocycles. The molecule has 0 unspecified atom stereocenters. The van der Waals surface area contributed by atoms with E-state index in [2.05, 4.69) is 5.87 Å². The van der Waals surface area contributed by atoms with Gasteiger partial charge < -0.3 is 9.84 Å². The molecule has 3 nitrogen and oxygen atoms in total. The second kappa shape index (κ2) is 3.90. The van der Waals surface area contributed by atoms with Crippen LogP contribution in [-0.2, 0) is 4.74 Å². The fourth-order valence-electron chi connectivity index (χ4n) is 0.986. The molecular formula is C9H11NO2. The van der Waals surface area contributed by atoms with Crippen molar-refractivity contribution in [2.24, 2.45) is 0 Å². The van der Waals surface area contributed by atoms with Gasteiger partial charge in [-0.25, -0.2) is 0 Å². The summed E-state index contributed by atoms with van der Waals surface area (Å²) in [6.07, 6.45) is 4.23. The summed E-state index contributed by atoms with van der Waals surface area (Å²) in [6, 6.07) is 0. The topological polar surface area (TPSA) is 53.3 Å². The molecular weight excluding hydrogens is 154 g/mol. The maximum Gasteiger partial charge on any atom is 0.145 e. The molecule has 0 aromatic rings. The molecule has 1 rings (SSSR count). The minimum Gasteiger partial charge on any atom is -0.495 e. The summed E-state index contributed by atoms with van der Waals surface area (Å²) in [6.45, 7) is 2.36. The van der Waals surface area contributed by atoms with Gasteiger partial charge in [-0.1, -0.05) is 6.08 Å². The van der Waals surface area contributed by atoms with Crippen LogP contribution in [0.15, 0.2) is 29.6 Å². The van der Waals surface area contributed by atoms with Crippen LogP contribution in [0.1, 0.15) is 6.92 Å². The van der Waals surface area contributed by atoms with Crippen molar-refractivity contribution in [3.8, 4) is 0 Å². The first-order chi connectivity index (χ1) is 5.79. The first kappa shape index (κ1) is 8.78. The SMILES string of the molecule is CCOC1=CC=CC(=C=N)[C@H]1O. The maximum atomic E-state index is 9.50. The molecule has 1 aliphatic carbocycles. The quantitative estimate of drug-likeness (QED) is 0.600. The van der Waals surface area contributed by atoms with E-state index in [4.69, 9.17) is 10.1 Å². The van der Waals surface area contributed by atoms with Crippen molar-refractivity contribution in [1.82, 2.24) is 0 Å². The summed E-state index contributed by atoms with van der Waals surface area (Å²) in [5, 5.41) is 16.4. The third-order valence-electron chi connectivity index (χ3n) is 1.56. The normalized spacial score (nSPS) is 21.7. The summed E-state index contributed by atoms with van der Waals surface area (Å²) in [7, 11) is 0. The number of hydrogen-bond acceptors (Lipinski definition) is 3. The monoisotopic (exact) mass is 165 g/mol. The molecule has 0 bridgehead atoms. The van der Waals surface area contributed by atoms with Crippen LogP contribution in [0.2, 0.25) is 0 Å². The molecule has 0 fully saturated rings. The molecule has 0 heterocycles. The number of hydrogen-bond donors (Lipinski definition) is 2. The summed E-state index contributed by atoms with van der Waals surface area (Å²) in [4.78, 5) is 0. The van der Waals surface area contributed by atoms with Gasteiger partial charge in [0.25, 0.3) is 0 Å². The van der Waals surface area contributed by atoms with Crippen molar-refractivity contribution < 1.29 is 9.84 Å². The highest BCUT2D eigenvalue weighted by molar-refractivity contribution is 5.63. The minimum atomic E-state index is -0.826. The molecule has 2 N–H and O–H groups in total. The highest BCUT2D eigenvalue weighted by Crippen LogP contribution is 2.17. The Bertz CT molecular complexity index is 272. The molecule has 0 spiro atoms. The third kappa shape index (κ3) is 1.64. The van der Waals surface area contributed by atoms with Gasteiger partial charge in [0.2, 0.25) is 0 Å². The van der Waals surface area contributed by atoms with Crippen LogP contribution in [0.5, 0.6) is 0 Å². The molecule has 3 heteroatoms. The van der Waals surface area contributed by atoms with Gasteiger partial charge >= 0.3 is 0 Å². The number of nitrogens with one attached hydrogen (secondary N) is 1. The first-order valence-electron chi connectivity index (χ1n) is 3.78. The highest BCUT2D eigenvalue weighted by Gasteiger charge is 2.17. The lowest BCUT2D eigenvalue weighted by Gasteiger charge is -2.16. The summed E-state index contributed by atoms with van der Waals surface area (Å²) < 4.78 is 5.14. The molecule has 1 atom stereocenters. The van der Waals surface area contributed by atoms with Gasteiger partial charge in [0.15, 0.2) is 0 Å². The number of ether oxygens (including phenoxy) is 1.